The number of carbonyl (C=O) groups is 1. The molecule has 0 bridgehead atoms. The van der Waals surface area contributed by atoms with Gasteiger partial charge in [-0.25, -0.2) is 4.68 Å². The van der Waals surface area contributed by atoms with Gasteiger partial charge in [0.1, 0.15) is 0 Å². The smallest absolute Gasteiger partial charge is 0.257 e. The third-order valence-corrected chi connectivity index (χ3v) is 4.69. The molecule has 8 nitrogen and oxygen atoms in total. The summed E-state index contributed by atoms with van der Waals surface area (Å²) >= 11 is 3.31. The Morgan fingerprint density at radius 3 is 2.37 bits per heavy atom. The highest BCUT2D eigenvalue weighted by atomic mass is 79.9. The van der Waals surface area contributed by atoms with Crippen LogP contribution in [0.2, 0.25) is 0 Å². The lowest BCUT2D eigenvalue weighted by atomic mass is 10.2. The number of anilines is 3. The highest BCUT2D eigenvalue weighted by Crippen LogP contribution is 2.19. The van der Waals surface area contributed by atoms with Crippen LogP contribution in [0, 0.1) is 13.8 Å². The summed E-state index contributed by atoms with van der Waals surface area (Å²) in [5, 5.41) is 18.9. The Kier molecular flexibility index (Phi) is 5.53. The molecule has 30 heavy (non-hydrogen) atoms. The molecule has 0 atom stereocenters. The van der Waals surface area contributed by atoms with Crippen molar-refractivity contribution in [3.63, 3.8) is 0 Å². The highest BCUT2D eigenvalue weighted by Gasteiger charge is 2.08. The van der Waals surface area contributed by atoms with E-state index in [-0.39, 0.29) is 5.91 Å². The standard InChI is InChI=1S/C21H18BrN7O/c1-13-9-14(2)29(28-13)20-8-7-19(26-27-20)24-17-3-5-18(6-4-17)25-21(30)15-10-16(22)12-23-11-15/h3-12H,1-2H3,(H,24,26)(H,25,30). The van der Waals surface area contributed by atoms with Gasteiger partial charge < -0.3 is 10.6 Å². The molecule has 0 radical (unpaired) electrons. The second-order valence-corrected chi connectivity index (χ2v) is 7.58. The second-order valence-electron chi connectivity index (χ2n) is 6.66. The van der Waals surface area contributed by atoms with Gasteiger partial charge in [-0.1, -0.05) is 0 Å². The Morgan fingerprint density at radius 1 is 0.967 bits per heavy atom. The summed E-state index contributed by atoms with van der Waals surface area (Å²) in [7, 11) is 0. The number of amides is 1. The molecule has 3 aromatic heterocycles. The molecule has 4 aromatic rings. The van der Waals surface area contributed by atoms with Gasteiger partial charge in [0.15, 0.2) is 11.6 Å². The number of benzene rings is 1. The minimum absolute atomic E-state index is 0.227. The molecule has 0 saturated heterocycles. The molecular formula is C21H18BrN7O. The van der Waals surface area contributed by atoms with Crippen LogP contribution in [-0.4, -0.2) is 30.9 Å². The molecule has 0 unspecified atom stereocenters. The fourth-order valence-corrected chi connectivity index (χ4v) is 3.25. The van der Waals surface area contributed by atoms with Crippen molar-refractivity contribution in [2.45, 2.75) is 13.8 Å². The molecule has 0 fully saturated rings. The Balaban J connectivity index is 1.41. The molecule has 3 heterocycles. The maximum absolute atomic E-state index is 12.3. The summed E-state index contributed by atoms with van der Waals surface area (Å²) in [4.78, 5) is 16.3. The number of halogens is 1. The van der Waals surface area contributed by atoms with Crippen LogP contribution in [-0.2, 0) is 0 Å². The molecule has 0 aliphatic carbocycles. The summed E-state index contributed by atoms with van der Waals surface area (Å²) in [6.07, 6.45) is 3.15. The summed E-state index contributed by atoms with van der Waals surface area (Å²) in [5.74, 6) is 1.04. The number of aromatic nitrogens is 5. The van der Waals surface area contributed by atoms with Crippen LogP contribution in [0.15, 0.2) is 65.4 Å². The van der Waals surface area contributed by atoms with Gasteiger partial charge in [-0.05, 0) is 78.3 Å². The lowest BCUT2D eigenvalue weighted by Gasteiger charge is -2.09. The van der Waals surface area contributed by atoms with E-state index in [4.69, 9.17) is 0 Å². The minimum Gasteiger partial charge on any atom is -0.339 e. The molecule has 0 saturated carbocycles. The van der Waals surface area contributed by atoms with Gasteiger partial charge in [-0.3, -0.25) is 9.78 Å². The maximum atomic E-state index is 12.3. The molecular weight excluding hydrogens is 446 g/mol. The zero-order valence-electron chi connectivity index (χ0n) is 16.3. The van der Waals surface area contributed by atoms with Crippen molar-refractivity contribution in [1.82, 2.24) is 25.0 Å². The molecule has 0 spiro atoms. The first-order valence-electron chi connectivity index (χ1n) is 9.14. The van der Waals surface area contributed by atoms with Gasteiger partial charge in [0, 0.05) is 33.9 Å². The van der Waals surface area contributed by atoms with Crippen molar-refractivity contribution in [3.8, 4) is 5.82 Å². The van der Waals surface area contributed by atoms with Crippen molar-refractivity contribution in [1.29, 1.82) is 0 Å². The van der Waals surface area contributed by atoms with E-state index in [1.165, 1.54) is 6.20 Å². The largest absolute Gasteiger partial charge is 0.339 e. The number of carbonyl (C=O) groups excluding carboxylic acids is 1. The van der Waals surface area contributed by atoms with Gasteiger partial charge in [0.2, 0.25) is 0 Å². The number of hydrogen-bond acceptors (Lipinski definition) is 6. The van der Waals surface area contributed by atoms with E-state index in [0.717, 1.165) is 21.5 Å². The van der Waals surface area contributed by atoms with Crippen molar-refractivity contribution in [2.75, 3.05) is 10.6 Å². The minimum atomic E-state index is -0.227. The average molecular weight is 464 g/mol. The quantitative estimate of drug-likeness (QED) is 0.454. The van der Waals surface area contributed by atoms with E-state index in [1.54, 1.807) is 16.9 Å². The first-order chi connectivity index (χ1) is 14.5. The number of pyridine rings is 1. The Labute approximate surface area is 181 Å². The number of nitrogens with zero attached hydrogens (tertiary/aromatic N) is 5. The number of rotatable bonds is 5. The third kappa shape index (κ3) is 4.52. The van der Waals surface area contributed by atoms with Crippen LogP contribution in [0.4, 0.5) is 17.2 Å². The van der Waals surface area contributed by atoms with E-state index in [2.05, 4.69) is 46.8 Å². The Hall–Kier alpha value is -3.59. The van der Waals surface area contributed by atoms with E-state index in [9.17, 15) is 4.79 Å². The fourth-order valence-electron chi connectivity index (χ4n) is 2.89. The fraction of sp³-hybridized carbons (Fsp3) is 0.0952. The molecule has 0 aliphatic heterocycles. The molecule has 9 heteroatoms. The van der Waals surface area contributed by atoms with E-state index < -0.39 is 0 Å². The zero-order chi connectivity index (χ0) is 21.1. The first-order valence-corrected chi connectivity index (χ1v) is 9.93. The third-order valence-electron chi connectivity index (χ3n) is 4.26. The van der Waals surface area contributed by atoms with Crippen molar-refractivity contribution in [3.05, 3.63) is 82.3 Å². The van der Waals surface area contributed by atoms with Crippen molar-refractivity contribution >= 4 is 39.0 Å². The number of aryl methyl sites for hydroxylation is 2. The molecule has 150 valence electrons. The molecule has 0 aliphatic rings. The van der Waals surface area contributed by atoms with Gasteiger partial charge >= 0.3 is 0 Å². The monoisotopic (exact) mass is 463 g/mol. The average Bonchev–Trinajstić information content (AvgIpc) is 3.08. The highest BCUT2D eigenvalue weighted by molar-refractivity contribution is 9.10. The van der Waals surface area contributed by atoms with Gasteiger partial charge in [-0.2, -0.15) is 5.10 Å². The molecule has 1 aromatic carbocycles. The SMILES string of the molecule is Cc1cc(C)n(-c2ccc(Nc3ccc(NC(=O)c4cncc(Br)c4)cc3)nn2)n1. The zero-order valence-corrected chi connectivity index (χ0v) is 17.9. The predicted molar refractivity (Wildman–Crippen MR) is 118 cm³/mol. The Bertz CT molecular complexity index is 1190. The van der Waals surface area contributed by atoms with Gasteiger partial charge in [-0.15, -0.1) is 10.2 Å². The van der Waals surface area contributed by atoms with Crippen LogP contribution in [0.25, 0.3) is 5.82 Å². The second kappa shape index (κ2) is 8.42. The van der Waals surface area contributed by atoms with E-state index >= 15 is 0 Å². The number of hydrogen-bond donors (Lipinski definition) is 2. The van der Waals surface area contributed by atoms with Crippen LogP contribution in [0.3, 0.4) is 0 Å². The van der Waals surface area contributed by atoms with E-state index in [1.807, 2.05) is 56.3 Å². The Morgan fingerprint density at radius 2 is 1.73 bits per heavy atom. The summed E-state index contributed by atoms with van der Waals surface area (Å²) in [6, 6.07) is 14.7. The maximum Gasteiger partial charge on any atom is 0.257 e. The van der Waals surface area contributed by atoms with E-state index in [0.29, 0.717) is 22.9 Å². The van der Waals surface area contributed by atoms with Gasteiger partial charge in [0.05, 0.1) is 11.3 Å². The van der Waals surface area contributed by atoms with Crippen molar-refractivity contribution < 1.29 is 4.79 Å². The topological polar surface area (TPSA) is 97.6 Å². The number of nitrogens with one attached hydrogen (secondary N) is 2. The molecule has 2 N–H and O–H groups in total. The molecule has 1 amide bonds. The first kappa shape index (κ1) is 19.7. The van der Waals surface area contributed by atoms with Crippen LogP contribution >= 0.6 is 15.9 Å². The normalized spacial score (nSPS) is 10.6. The summed E-state index contributed by atoms with van der Waals surface area (Å²) in [6.45, 7) is 3.91. The summed E-state index contributed by atoms with van der Waals surface area (Å²) < 4.78 is 2.50. The van der Waals surface area contributed by atoms with Gasteiger partial charge in [0.25, 0.3) is 5.91 Å². The predicted octanol–water partition coefficient (Wildman–Crippen LogP) is 4.43. The van der Waals surface area contributed by atoms with Crippen LogP contribution in [0.1, 0.15) is 21.7 Å². The van der Waals surface area contributed by atoms with Crippen LogP contribution in [0.5, 0.6) is 0 Å². The van der Waals surface area contributed by atoms with Crippen molar-refractivity contribution in [2.24, 2.45) is 0 Å². The summed E-state index contributed by atoms with van der Waals surface area (Å²) in [5.41, 5.74) is 3.91. The lowest BCUT2D eigenvalue weighted by Crippen LogP contribution is -2.12. The molecule has 4 rings (SSSR count). The lowest BCUT2D eigenvalue weighted by molar-refractivity contribution is 0.102. The van der Waals surface area contributed by atoms with Crippen LogP contribution < -0.4 is 10.6 Å².